The minimum absolute atomic E-state index is 0.165. The maximum absolute atomic E-state index is 13.4. The molecule has 34 heavy (non-hydrogen) atoms. The van der Waals surface area contributed by atoms with Gasteiger partial charge >= 0.3 is 0 Å². The molecule has 0 aliphatic carbocycles. The lowest BCUT2D eigenvalue weighted by atomic mass is 9.83. The van der Waals surface area contributed by atoms with E-state index in [-0.39, 0.29) is 22.4 Å². The van der Waals surface area contributed by atoms with Crippen LogP contribution in [0.3, 0.4) is 0 Å². The van der Waals surface area contributed by atoms with Crippen molar-refractivity contribution in [1.29, 1.82) is 0 Å². The van der Waals surface area contributed by atoms with Crippen LogP contribution in [0.4, 0.5) is 5.69 Å². The Morgan fingerprint density at radius 3 is 2.35 bits per heavy atom. The van der Waals surface area contributed by atoms with E-state index in [1.54, 1.807) is 43.3 Å². The monoisotopic (exact) mass is 478 g/mol. The molecular weight excluding hydrogens is 448 g/mol. The number of rotatable bonds is 7. The number of benzene rings is 3. The predicted octanol–water partition coefficient (Wildman–Crippen LogP) is 5.61. The molecule has 1 aliphatic heterocycles. The summed E-state index contributed by atoms with van der Waals surface area (Å²) >= 11 is 0. The van der Waals surface area contributed by atoms with Crippen LogP contribution in [0.5, 0.6) is 5.75 Å². The van der Waals surface area contributed by atoms with Crippen molar-refractivity contribution < 1.29 is 17.9 Å². The molecule has 1 unspecified atom stereocenters. The van der Waals surface area contributed by atoms with E-state index >= 15 is 0 Å². The van der Waals surface area contributed by atoms with Crippen molar-refractivity contribution in [3.63, 3.8) is 0 Å². The van der Waals surface area contributed by atoms with Crippen LogP contribution in [0.15, 0.2) is 77.7 Å². The lowest BCUT2D eigenvalue weighted by molar-refractivity contribution is 0.0227. The Kier molecular flexibility index (Phi) is 6.66. The molecule has 0 bridgehead atoms. The van der Waals surface area contributed by atoms with Crippen LogP contribution in [-0.4, -0.2) is 19.9 Å². The van der Waals surface area contributed by atoms with Gasteiger partial charge in [-0.05, 0) is 55.7 Å². The molecule has 3 aromatic rings. The summed E-state index contributed by atoms with van der Waals surface area (Å²) in [4.78, 5) is 13.6. The number of anilines is 1. The number of para-hydroxylation sites is 1. The summed E-state index contributed by atoms with van der Waals surface area (Å²) in [5.41, 5.74) is 1.98. The van der Waals surface area contributed by atoms with Crippen molar-refractivity contribution in [3.05, 3.63) is 89.5 Å². The third-order valence-electron chi connectivity index (χ3n) is 6.67. The molecule has 0 spiro atoms. The van der Waals surface area contributed by atoms with Gasteiger partial charge in [-0.1, -0.05) is 56.3 Å². The molecule has 1 atom stereocenters. The molecule has 0 fully saturated rings. The number of amides is 1. The van der Waals surface area contributed by atoms with Gasteiger partial charge in [0.05, 0.1) is 16.6 Å². The Morgan fingerprint density at radius 1 is 0.971 bits per heavy atom. The van der Waals surface area contributed by atoms with E-state index < -0.39 is 10.0 Å². The van der Waals surface area contributed by atoms with Crippen LogP contribution >= 0.6 is 0 Å². The number of fused-ring (bicyclic) bond motifs is 1. The second kappa shape index (κ2) is 9.50. The second-order valence-electron chi connectivity index (χ2n) is 8.66. The highest BCUT2D eigenvalue weighted by Gasteiger charge is 2.39. The molecule has 0 saturated heterocycles. The maximum Gasteiger partial charge on any atom is 0.261 e. The van der Waals surface area contributed by atoms with Crippen LogP contribution in [0.1, 0.15) is 60.6 Å². The maximum atomic E-state index is 13.4. The molecule has 1 heterocycles. The average Bonchev–Trinajstić information content (AvgIpc) is 2.85. The fraction of sp³-hybridized carbons (Fsp3) is 0.296. The van der Waals surface area contributed by atoms with E-state index in [1.807, 2.05) is 24.3 Å². The SMILES string of the molecule is CCC1(CC)CC(NC(=O)c2cccc(NS(=O)(=O)c3ccccc3)c2C)c2ccccc2O1. The Balaban J connectivity index is 1.61. The van der Waals surface area contributed by atoms with E-state index in [0.717, 1.165) is 24.2 Å². The molecule has 6 nitrogen and oxygen atoms in total. The van der Waals surface area contributed by atoms with Crippen LogP contribution < -0.4 is 14.8 Å². The molecule has 2 N–H and O–H groups in total. The fourth-order valence-corrected chi connectivity index (χ4v) is 5.61. The second-order valence-corrected chi connectivity index (χ2v) is 10.3. The van der Waals surface area contributed by atoms with E-state index in [4.69, 9.17) is 4.74 Å². The third-order valence-corrected chi connectivity index (χ3v) is 8.05. The van der Waals surface area contributed by atoms with Crippen molar-refractivity contribution in [1.82, 2.24) is 5.32 Å². The van der Waals surface area contributed by atoms with Crippen molar-refractivity contribution in [3.8, 4) is 5.75 Å². The first-order valence-electron chi connectivity index (χ1n) is 11.5. The van der Waals surface area contributed by atoms with Gasteiger partial charge in [0, 0.05) is 17.5 Å². The summed E-state index contributed by atoms with van der Waals surface area (Å²) in [6.07, 6.45) is 2.34. The minimum Gasteiger partial charge on any atom is -0.487 e. The van der Waals surface area contributed by atoms with Gasteiger partial charge in [-0.3, -0.25) is 9.52 Å². The molecule has 0 aromatic heterocycles. The zero-order valence-corrected chi connectivity index (χ0v) is 20.5. The van der Waals surface area contributed by atoms with Gasteiger partial charge in [0.1, 0.15) is 11.4 Å². The minimum atomic E-state index is -3.77. The predicted molar refractivity (Wildman–Crippen MR) is 134 cm³/mol. The Hall–Kier alpha value is -3.32. The number of hydrogen-bond acceptors (Lipinski definition) is 4. The number of carbonyl (C=O) groups is 1. The fourth-order valence-electron chi connectivity index (χ4n) is 4.46. The van der Waals surface area contributed by atoms with Gasteiger partial charge < -0.3 is 10.1 Å². The molecule has 7 heteroatoms. The number of nitrogens with one attached hydrogen (secondary N) is 2. The number of carbonyl (C=O) groups excluding carboxylic acids is 1. The highest BCUT2D eigenvalue weighted by molar-refractivity contribution is 7.92. The van der Waals surface area contributed by atoms with Gasteiger partial charge in [0.25, 0.3) is 15.9 Å². The molecule has 1 amide bonds. The lowest BCUT2D eigenvalue weighted by Gasteiger charge is -2.41. The van der Waals surface area contributed by atoms with Crippen molar-refractivity contribution in [2.75, 3.05) is 4.72 Å². The quantitative estimate of drug-likeness (QED) is 0.462. The van der Waals surface area contributed by atoms with E-state index in [0.29, 0.717) is 23.2 Å². The van der Waals surface area contributed by atoms with Crippen LogP contribution in [0, 0.1) is 6.92 Å². The zero-order chi connectivity index (χ0) is 24.3. The number of sulfonamides is 1. The van der Waals surface area contributed by atoms with E-state index in [1.165, 1.54) is 12.1 Å². The molecule has 4 rings (SSSR count). The smallest absolute Gasteiger partial charge is 0.261 e. The van der Waals surface area contributed by atoms with Gasteiger partial charge in [-0.25, -0.2) is 8.42 Å². The van der Waals surface area contributed by atoms with Crippen molar-refractivity contribution in [2.24, 2.45) is 0 Å². The number of hydrogen-bond donors (Lipinski definition) is 2. The van der Waals surface area contributed by atoms with Crippen LogP contribution in [0.25, 0.3) is 0 Å². The van der Waals surface area contributed by atoms with E-state index in [9.17, 15) is 13.2 Å². The molecule has 3 aromatic carbocycles. The van der Waals surface area contributed by atoms with Crippen LogP contribution in [-0.2, 0) is 10.0 Å². The first-order valence-corrected chi connectivity index (χ1v) is 13.0. The standard InChI is InChI=1S/C27H30N2O4S/c1-4-27(5-2)18-24(22-14-9-10-17-25(22)33-27)28-26(30)21-15-11-16-23(19(21)3)29-34(31,32)20-12-7-6-8-13-20/h6-17,24,29H,4-5,18H2,1-3H3,(H,28,30). The molecule has 178 valence electrons. The normalized spacial score (nSPS) is 16.7. The Bertz CT molecular complexity index is 1280. The number of ether oxygens (including phenoxy) is 1. The highest BCUT2D eigenvalue weighted by atomic mass is 32.2. The van der Waals surface area contributed by atoms with Gasteiger partial charge in [0.2, 0.25) is 0 Å². The topological polar surface area (TPSA) is 84.5 Å². The lowest BCUT2D eigenvalue weighted by Crippen LogP contribution is -2.44. The summed E-state index contributed by atoms with van der Waals surface area (Å²) in [5.74, 6) is 0.546. The summed E-state index contributed by atoms with van der Waals surface area (Å²) in [6, 6.07) is 20.8. The molecule has 0 radical (unpaired) electrons. The summed E-state index contributed by atoms with van der Waals surface area (Å²) in [7, 11) is -3.77. The Labute approximate surface area is 201 Å². The largest absolute Gasteiger partial charge is 0.487 e. The molecule has 1 aliphatic rings. The first kappa shape index (κ1) is 23.8. The summed E-state index contributed by atoms with van der Waals surface area (Å²) in [6.45, 7) is 5.95. The highest BCUT2D eigenvalue weighted by Crippen LogP contribution is 2.42. The van der Waals surface area contributed by atoms with Gasteiger partial charge in [-0.15, -0.1) is 0 Å². The molecular formula is C27H30N2O4S. The van der Waals surface area contributed by atoms with Crippen molar-refractivity contribution in [2.45, 2.75) is 56.6 Å². The first-order chi connectivity index (χ1) is 16.3. The van der Waals surface area contributed by atoms with Crippen molar-refractivity contribution >= 4 is 21.6 Å². The molecule has 0 saturated carbocycles. The van der Waals surface area contributed by atoms with Gasteiger partial charge in [0.15, 0.2) is 0 Å². The summed E-state index contributed by atoms with van der Waals surface area (Å²) in [5, 5.41) is 3.18. The van der Waals surface area contributed by atoms with Gasteiger partial charge in [-0.2, -0.15) is 0 Å². The van der Waals surface area contributed by atoms with E-state index in [2.05, 4.69) is 23.9 Å². The summed E-state index contributed by atoms with van der Waals surface area (Å²) < 4.78 is 34.6. The third kappa shape index (κ3) is 4.66. The Morgan fingerprint density at radius 2 is 1.65 bits per heavy atom. The average molecular weight is 479 g/mol. The zero-order valence-electron chi connectivity index (χ0n) is 19.7. The van der Waals surface area contributed by atoms with Crippen LogP contribution in [0.2, 0.25) is 0 Å².